The maximum Gasteiger partial charge on any atom is 0.318 e. The van der Waals surface area contributed by atoms with Crippen LogP contribution in [0.2, 0.25) is 0 Å². The Labute approximate surface area is 86.7 Å². The highest BCUT2D eigenvalue weighted by Crippen LogP contribution is 2.18. The van der Waals surface area contributed by atoms with Gasteiger partial charge in [0, 0.05) is 25.4 Å². The normalized spacial score (nSPS) is 21.9. The molecule has 2 rings (SSSR count). The second kappa shape index (κ2) is 4.14. The van der Waals surface area contributed by atoms with Crippen molar-refractivity contribution in [2.24, 2.45) is 0 Å². The topological polar surface area (TPSA) is 62.4 Å². The van der Waals surface area contributed by atoms with Gasteiger partial charge in [0.25, 0.3) is 0 Å². The molecule has 1 atom stereocenters. The first kappa shape index (κ1) is 9.73. The van der Waals surface area contributed by atoms with E-state index in [9.17, 15) is 5.11 Å². The molecule has 0 radical (unpaired) electrons. The van der Waals surface area contributed by atoms with E-state index >= 15 is 0 Å². The minimum Gasteiger partial charge on any atom is -0.408 e. The Morgan fingerprint density at radius 1 is 1.57 bits per heavy atom. The Morgan fingerprint density at radius 2 is 2.43 bits per heavy atom. The van der Waals surface area contributed by atoms with Crippen molar-refractivity contribution in [1.29, 1.82) is 0 Å². The number of nitrogens with zero attached hydrogens (tertiary/aromatic N) is 3. The van der Waals surface area contributed by atoms with E-state index in [4.69, 9.17) is 16.0 Å². The van der Waals surface area contributed by atoms with Gasteiger partial charge in [-0.3, -0.25) is 0 Å². The van der Waals surface area contributed by atoms with E-state index in [1.807, 2.05) is 4.90 Å². The van der Waals surface area contributed by atoms with Gasteiger partial charge in [-0.1, -0.05) is 5.10 Å². The monoisotopic (exact) mass is 217 g/mol. The summed E-state index contributed by atoms with van der Waals surface area (Å²) < 4.78 is 5.36. The van der Waals surface area contributed by atoms with Crippen molar-refractivity contribution in [1.82, 2.24) is 10.2 Å². The largest absolute Gasteiger partial charge is 0.408 e. The lowest BCUT2D eigenvalue weighted by atomic mass is 10.3. The Hall–Kier alpha value is -0.810. The first-order chi connectivity index (χ1) is 6.79. The first-order valence-electron chi connectivity index (χ1n) is 4.61. The summed E-state index contributed by atoms with van der Waals surface area (Å²) in [4.78, 5) is 1.88. The minimum absolute atomic E-state index is 0.279. The lowest BCUT2D eigenvalue weighted by Crippen LogP contribution is -2.21. The molecular formula is C8H12ClN3O2. The van der Waals surface area contributed by atoms with Crippen LogP contribution < -0.4 is 4.90 Å². The molecule has 1 unspecified atom stereocenters. The number of aliphatic hydroxyl groups is 1. The fourth-order valence-corrected chi connectivity index (χ4v) is 1.63. The predicted octanol–water partition coefficient (Wildman–Crippen LogP) is 0.422. The summed E-state index contributed by atoms with van der Waals surface area (Å²) in [6, 6.07) is 0.488. The third kappa shape index (κ3) is 1.99. The minimum atomic E-state index is -0.279. The maximum atomic E-state index is 9.32. The number of halogens is 1. The number of aryl methyl sites for hydroxylation is 1. The van der Waals surface area contributed by atoms with Gasteiger partial charge >= 0.3 is 6.01 Å². The van der Waals surface area contributed by atoms with Crippen molar-refractivity contribution in [2.45, 2.75) is 18.9 Å². The fraction of sp³-hybridized carbons (Fsp3) is 0.750. The molecule has 6 heteroatoms. The highest BCUT2D eigenvalue weighted by Gasteiger charge is 2.24. The van der Waals surface area contributed by atoms with Gasteiger partial charge < -0.3 is 14.4 Å². The van der Waals surface area contributed by atoms with Gasteiger partial charge in [0.1, 0.15) is 0 Å². The highest BCUT2D eigenvalue weighted by molar-refractivity contribution is 6.17. The van der Waals surface area contributed by atoms with Crippen LogP contribution in [0.3, 0.4) is 0 Å². The molecule has 0 spiro atoms. The van der Waals surface area contributed by atoms with E-state index < -0.39 is 0 Å². The standard InChI is InChI=1S/C8H12ClN3O2/c9-3-1-7-10-11-8(14-7)12-4-2-6(13)5-12/h6,13H,1-5H2. The molecule has 14 heavy (non-hydrogen) atoms. The fourth-order valence-electron chi connectivity index (χ4n) is 1.47. The summed E-state index contributed by atoms with van der Waals surface area (Å²) in [5.74, 6) is 1.03. The number of aliphatic hydroxyl groups excluding tert-OH is 1. The molecule has 0 saturated carbocycles. The van der Waals surface area contributed by atoms with Crippen molar-refractivity contribution in [3.8, 4) is 0 Å². The summed E-state index contributed by atoms with van der Waals surface area (Å²) in [5.41, 5.74) is 0. The van der Waals surface area contributed by atoms with Gasteiger partial charge in [-0.25, -0.2) is 0 Å². The van der Waals surface area contributed by atoms with E-state index in [0.29, 0.717) is 30.8 Å². The Balaban J connectivity index is 2.02. The number of hydrogen-bond acceptors (Lipinski definition) is 5. The van der Waals surface area contributed by atoms with E-state index in [-0.39, 0.29) is 6.10 Å². The number of aromatic nitrogens is 2. The van der Waals surface area contributed by atoms with Gasteiger partial charge in [-0.2, -0.15) is 0 Å². The molecule has 0 bridgehead atoms. The molecule has 2 heterocycles. The smallest absolute Gasteiger partial charge is 0.318 e. The van der Waals surface area contributed by atoms with Gasteiger partial charge in [0.05, 0.1) is 6.10 Å². The lowest BCUT2D eigenvalue weighted by molar-refractivity contribution is 0.198. The number of hydrogen-bond donors (Lipinski definition) is 1. The SMILES string of the molecule is OC1CCN(c2nnc(CCCl)o2)C1. The second-order valence-electron chi connectivity index (χ2n) is 3.31. The average Bonchev–Trinajstić information content (AvgIpc) is 2.74. The molecule has 1 aromatic heterocycles. The first-order valence-corrected chi connectivity index (χ1v) is 5.14. The molecule has 0 aliphatic carbocycles. The summed E-state index contributed by atoms with van der Waals surface area (Å²) in [6.07, 6.45) is 1.07. The molecule has 5 nitrogen and oxygen atoms in total. The quantitative estimate of drug-likeness (QED) is 0.744. The summed E-state index contributed by atoms with van der Waals surface area (Å²) in [6.45, 7) is 1.34. The maximum absolute atomic E-state index is 9.32. The number of β-amino-alcohol motifs (C(OH)–C–C–N with tert-alkyl or cyclic N) is 1. The van der Waals surface area contributed by atoms with Crippen LogP contribution in [0.4, 0.5) is 6.01 Å². The lowest BCUT2D eigenvalue weighted by Gasteiger charge is -2.10. The molecule has 78 valence electrons. The van der Waals surface area contributed by atoms with Crippen molar-refractivity contribution in [3.63, 3.8) is 0 Å². The van der Waals surface area contributed by atoms with Crippen molar-refractivity contribution < 1.29 is 9.52 Å². The van der Waals surface area contributed by atoms with Crippen LogP contribution in [0.1, 0.15) is 12.3 Å². The molecular weight excluding hydrogens is 206 g/mol. The highest BCUT2D eigenvalue weighted by atomic mass is 35.5. The molecule has 1 aromatic rings. The summed E-state index contributed by atoms with van der Waals surface area (Å²) in [5, 5.41) is 17.1. The van der Waals surface area contributed by atoms with Gasteiger partial charge in [0.2, 0.25) is 5.89 Å². The number of rotatable bonds is 3. The average molecular weight is 218 g/mol. The van der Waals surface area contributed by atoms with Crippen molar-refractivity contribution >= 4 is 17.6 Å². The molecule has 1 N–H and O–H groups in total. The zero-order chi connectivity index (χ0) is 9.97. The molecule has 1 aliphatic rings. The predicted molar refractivity (Wildman–Crippen MR) is 51.6 cm³/mol. The Kier molecular flexibility index (Phi) is 2.88. The van der Waals surface area contributed by atoms with Crippen LogP contribution in [0, 0.1) is 0 Å². The second-order valence-corrected chi connectivity index (χ2v) is 3.68. The molecule has 1 aliphatic heterocycles. The van der Waals surface area contributed by atoms with E-state index in [1.165, 1.54) is 0 Å². The third-order valence-electron chi connectivity index (χ3n) is 2.20. The zero-order valence-corrected chi connectivity index (χ0v) is 8.44. The van der Waals surface area contributed by atoms with Gasteiger partial charge in [0.15, 0.2) is 0 Å². The van der Waals surface area contributed by atoms with Crippen LogP contribution in [-0.2, 0) is 6.42 Å². The summed E-state index contributed by atoms with van der Waals surface area (Å²) >= 11 is 5.55. The van der Waals surface area contributed by atoms with Crippen molar-refractivity contribution in [3.05, 3.63) is 5.89 Å². The van der Waals surface area contributed by atoms with Crippen LogP contribution >= 0.6 is 11.6 Å². The van der Waals surface area contributed by atoms with Crippen LogP contribution in [-0.4, -0.2) is 40.4 Å². The Morgan fingerprint density at radius 3 is 3.07 bits per heavy atom. The number of alkyl halides is 1. The molecule has 0 amide bonds. The van der Waals surface area contributed by atoms with E-state index in [2.05, 4.69) is 10.2 Å². The Bertz CT molecular complexity index is 305. The number of anilines is 1. The molecule has 0 aromatic carbocycles. The van der Waals surface area contributed by atoms with E-state index in [1.54, 1.807) is 0 Å². The van der Waals surface area contributed by atoms with Gasteiger partial charge in [-0.15, -0.1) is 16.7 Å². The van der Waals surface area contributed by atoms with Gasteiger partial charge in [-0.05, 0) is 6.42 Å². The van der Waals surface area contributed by atoms with Crippen LogP contribution in [0.5, 0.6) is 0 Å². The summed E-state index contributed by atoms with van der Waals surface area (Å²) in [7, 11) is 0. The van der Waals surface area contributed by atoms with Crippen LogP contribution in [0.25, 0.3) is 0 Å². The zero-order valence-electron chi connectivity index (χ0n) is 7.69. The van der Waals surface area contributed by atoms with Crippen LogP contribution in [0.15, 0.2) is 4.42 Å². The van der Waals surface area contributed by atoms with Crippen molar-refractivity contribution in [2.75, 3.05) is 23.9 Å². The van der Waals surface area contributed by atoms with E-state index in [0.717, 1.165) is 13.0 Å². The third-order valence-corrected chi connectivity index (χ3v) is 2.39. The molecule has 1 fully saturated rings. The molecule has 1 saturated heterocycles.